The molecule has 524 valence electrons. The molecule has 4 aliphatic heterocycles. The molecule has 0 aromatic heterocycles. The normalized spacial score (nSPS) is 34.0. The smallest absolute Gasteiger partial charge is 0.347 e. The first-order valence-corrected chi connectivity index (χ1v) is 35.9. The van der Waals surface area contributed by atoms with Crippen LogP contribution in [0.3, 0.4) is 0 Å². The molecule has 18 nitrogen and oxygen atoms in total. The van der Waals surface area contributed by atoms with E-state index in [9.17, 15) is 43.5 Å². The van der Waals surface area contributed by atoms with Gasteiger partial charge < -0.3 is 47.7 Å². The predicted molar refractivity (Wildman–Crippen MR) is 345 cm³/mol. The van der Waals surface area contributed by atoms with Crippen LogP contribution in [-0.4, -0.2) is 120 Å². The van der Waals surface area contributed by atoms with Gasteiger partial charge in [-0.15, -0.1) is 0 Å². The summed E-state index contributed by atoms with van der Waals surface area (Å²) < 4.78 is 49.0. The quantitative estimate of drug-likeness (QED) is 0.0934. The van der Waals surface area contributed by atoms with Crippen molar-refractivity contribution in [2.24, 2.45) is 80.3 Å². The second kappa shape index (κ2) is 29.6. The van der Waals surface area contributed by atoms with E-state index in [1.54, 1.807) is 27.7 Å². The van der Waals surface area contributed by atoms with Gasteiger partial charge in [0, 0.05) is 6.42 Å². The number of esters is 8. The molecule has 0 aromatic rings. The number of fused-ring (bicyclic) bond motifs is 1. The van der Waals surface area contributed by atoms with Gasteiger partial charge in [-0.05, 0) is 251 Å². The van der Waals surface area contributed by atoms with Crippen molar-refractivity contribution < 1.29 is 86.1 Å². The van der Waals surface area contributed by atoms with Crippen LogP contribution in [0.4, 0.5) is 0 Å². The van der Waals surface area contributed by atoms with Crippen LogP contribution >= 0.6 is 0 Å². The summed E-state index contributed by atoms with van der Waals surface area (Å²) in [6, 6.07) is 0. The van der Waals surface area contributed by atoms with Crippen molar-refractivity contribution in [3.63, 3.8) is 0 Å². The van der Waals surface area contributed by atoms with Crippen molar-refractivity contribution in [1.29, 1.82) is 0 Å². The monoisotopic (exact) mass is 1300 g/mol. The van der Waals surface area contributed by atoms with E-state index in [1.807, 2.05) is 69.2 Å². The Hall–Kier alpha value is -4.32. The Kier molecular flexibility index (Phi) is 24.1. The zero-order chi connectivity index (χ0) is 68.3. The summed E-state index contributed by atoms with van der Waals surface area (Å²) in [7, 11) is 0. The molecule has 13 rings (SSSR count). The molecule has 18 heteroatoms. The Labute approximate surface area is 550 Å². The highest BCUT2D eigenvalue weighted by molar-refractivity contribution is 5.83. The molecule has 4 saturated heterocycles. The van der Waals surface area contributed by atoms with Crippen LogP contribution in [-0.2, 0) is 81.0 Å². The van der Waals surface area contributed by atoms with Crippen LogP contribution in [0.2, 0.25) is 0 Å². The van der Waals surface area contributed by atoms with E-state index in [0.717, 1.165) is 82.5 Å². The topological polar surface area (TPSA) is 240 Å². The van der Waals surface area contributed by atoms with Crippen LogP contribution in [0.5, 0.6) is 0 Å². The number of carbonyl (C=O) groups excluding carboxylic acids is 8. The molecule has 8 unspecified atom stereocenters. The van der Waals surface area contributed by atoms with Gasteiger partial charge in [-0.3, -0.25) is 28.8 Å². The van der Waals surface area contributed by atoms with Crippen LogP contribution in [0.25, 0.3) is 0 Å². The highest BCUT2D eigenvalue weighted by Gasteiger charge is 2.66. The second-order valence-electron chi connectivity index (χ2n) is 33.2. The molecule has 9 aliphatic carbocycles. The lowest BCUT2D eigenvalue weighted by Gasteiger charge is -2.62. The Morgan fingerprint density at radius 1 is 0.543 bits per heavy atom. The molecular weight excluding hydrogens is 1180 g/mol. The first kappa shape index (κ1) is 75.1. The van der Waals surface area contributed by atoms with Crippen molar-refractivity contribution in [1.82, 2.24) is 0 Å². The highest BCUT2D eigenvalue weighted by atomic mass is 16.7. The lowest BCUT2D eigenvalue weighted by Crippen LogP contribution is -2.63. The number of rotatable bonds is 19. The molecule has 13 aliphatic rings. The van der Waals surface area contributed by atoms with Crippen molar-refractivity contribution in [3.8, 4) is 0 Å². The average Bonchev–Trinajstić information content (AvgIpc) is 0.760. The Morgan fingerprint density at radius 2 is 1.03 bits per heavy atom. The van der Waals surface area contributed by atoms with Crippen molar-refractivity contribution in [3.05, 3.63) is 0 Å². The zero-order valence-corrected chi connectivity index (χ0v) is 59.7. The molecule has 1 N–H and O–H groups in total. The molecule has 0 radical (unpaired) electrons. The van der Waals surface area contributed by atoms with E-state index >= 15 is 0 Å². The molecule has 92 heavy (non-hydrogen) atoms. The third-order valence-corrected chi connectivity index (χ3v) is 24.4. The van der Waals surface area contributed by atoms with Gasteiger partial charge in [0.25, 0.3) is 0 Å². The van der Waals surface area contributed by atoms with Gasteiger partial charge >= 0.3 is 47.8 Å². The number of aliphatic hydroxyl groups is 1. The highest BCUT2D eigenvalue weighted by Crippen LogP contribution is 2.62. The third-order valence-electron chi connectivity index (χ3n) is 24.4. The Bertz CT molecular complexity index is 2560. The third kappa shape index (κ3) is 16.7. The summed E-state index contributed by atoms with van der Waals surface area (Å²) in [6.07, 6.45) is 20.7. The van der Waals surface area contributed by atoms with E-state index in [4.69, 9.17) is 42.6 Å². The molecule has 0 aromatic carbocycles. The number of hydrogen-bond acceptors (Lipinski definition) is 18. The van der Waals surface area contributed by atoms with Gasteiger partial charge in [0.15, 0.2) is 18.8 Å². The van der Waals surface area contributed by atoms with E-state index in [2.05, 4.69) is 27.7 Å². The molecule has 13 fully saturated rings. The van der Waals surface area contributed by atoms with Crippen molar-refractivity contribution in [2.75, 3.05) is 13.2 Å². The predicted octanol–water partition coefficient (Wildman–Crippen LogP) is 13.7. The molecule has 9 saturated carbocycles. The largest absolute Gasteiger partial charge is 0.463 e. The SMILES string of the molecule is CCC(C)(C)C(=O)OC1(C(C)C)C2CC3CC(C2)CC1C3.CCC(C)(C)C(=O)OC1C2CC3CC1CC(O)(C3)C2.CCC(C)(C)C(=O)OC1CCOC1=O.CCC(C)(C)C(=O)OCC(=O)OC1C2CC3C(=O)OC1C3O2.CCC1(OC(=O)C(C)(C)CC)CCCCC1. The minimum absolute atomic E-state index is 0.0150. The van der Waals surface area contributed by atoms with Crippen LogP contribution in [0.15, 0.2) is 0 Å². The summed E-state index contributed by atoms with van der Waals surface area (Å²) in [6.45, 7) is 35.5. The van der Waals surface area contributed by atoms with Crippen molar-refractivity contribution >= 4 is 47.8 Å². The lowest BCUT2D eigenvalue weighted by molar-refractivity contribution is -0.231. The van der Waals surface area contributed by atoms with Crippen molar-refractivity contribution in [2.45, 2.75) is 326 Å². The van der Waals surface area contributed by atoms with Crippen LogP contribution < -0.4 is 0 Å². The summed E-state index contributed by atoms with van der Waals surface area (Å²) >= 11 is 0. The number of hydrogen-bond donors (Lipinski definition) is 1. The van der Waals surface area contributed by atoms with Gasteiger partial charge in [0.05, 0.1) is 51.3 Å². The lowest BCUT2D eigenvalue weighted by atomic mass is 9.47. The maximum atomic E-state index is 12.8. The molecule has 10 bridgehead atoms. The van der Waals surface area contributed by atoms with Gasteiger partial charge in [0.2, 0.25) is 6.10 Å². The molecule has 0 spiro atoms. The van der Waals surface area contributed by atoms with Crippen LogP contribution in [0, 0.1) is 80.3 Å². The number of carbonyl (C=O) groups is 8. The average molecular weight is 1300 g/mol. The number of cyclic esters (lactones) is 1. The fourth-order valence-corrected chi connectivity index (χ4v) is 16.4. The zero-order valence-electron chi connectivity index (χ0n) is 59.7. The minimum Gasteiger partial charge on any atom is -0.463 e. The fraction of sp³-hybridized carbons (Fsp3) is 0.892. The van der Waals surface area contributed by atoms with E-state index in [0.29, 0.717) is 67.8 Å². The van der Waals surface area contributed by atoms with E-state index in [-0.39, 0.29) is 81.5 Å². The van der Waals surface area contributed by atoms with Gasteiger partial charge in [-0.2, -0.15) is 0 Å². The second-order valence-corrected chi connectivity index (χ2v) is 33.2. The Morgan fingerprint density at radius 3 is 1.50 bits per heavy atom. The van der Waals surface area contributed by atoms with E-state index < -0.39 is 59.3 Å². The minimum atomic E-state index is -0.687. The molecule has 4 heterocycles. The van der Waals surface area contributed by atoms with Gasteiger partial charge in [0.1, 0.15) is 23.4 Å². The fourth-order valence-electron chi connectivity index (χ4n) is 16.4. The maximum absolute atomic E-state index is 12.8. The maximum Gasteiger partial charge on any atom is 0.347 e. The molecule has 8 atom stereocenters. The molecule has 0 amide bonds. The summed E-state index contributed by atoms with van der Waals surface area (Å²) in [5.41, 5.74) is -2.99. The van der Waals surface area contributed by atoms with Gasteiger partial charge in [-0.1, -0.05) is 61.8 Å². The first-order valence-electron chi connectivity index (χ1n) is 35.9. The van der Waals surface area contributed by atoms with Crippen LogP contribution in [0.1, 0.15) is 272 Å². The van der Waals surface area contributed by atoms with Gasteiger partial charge in [-0.25, -0.2) is 9.59 Å². The number of ether oxygens (including phenoxy) is 9. The summed E-state index contributed by atoms with van der Waals surface area (Å²) in [5, 5.41) is 10.5. The molecular formula is C74H120O18. The summed E-state index contributed by atoms with van der Waals surface area (Å²) in [4.78, 5) is 95.0. The standard InChI is InChI=1S/C19H32O2.C16H26O3.C15H20O7.C14H26O2.C10H16O4/c1-6-18(4,5)17(20)21-19(12(2)3)15-8-13-7-14(10-15)11-16(19)9-13;1-4-15(2,3)14(17)19-13-11-5-10-6-12(13)9-16(18,7-10)8-11;1-4-15(2,3)14(18)19-6-9(16)21-11-8-5-7-10(20-8)12(11)22-13(7)17;1-5-13(3,4)12(15)16-14(6-2)10-8-7-9-11-14;1-4-10(2,3)9(12)14-7-5-6-13-8(7)11/h12-16H,6-11H2,1-5H3;10-13,18H,4-9H2,1-3H3;7-8,10-12H,4-6H2,1-3H3;5-11H2,1-4H3;7H,4-6H2,1-3H3. The first-order chi connectivity index (χ1) is 42.9. The van der Waals surface area contributed by atoms with E-state index in [1.165, 1.54) is 51.4 Å². The Balaban J connectivity index is 0.000000165. The summed E-state index contributed by atoms with van der Waals surface area (Å²) in [5.74, 6) is 2.55.